The summed E-state index contributed by atoms with van der Waals surface area (Å²) in [4.78, 5) is 50.2. The molecule has 3 unspecified atom stereocenters. The highest BCUT2D eigenvalue weighted by molar-refractivity contribution is 7.11. The van der Waals surface area contributed by atoms with Crippen LogP contribution in [0.2, 0.25) is 10.0 Å². The normalized spacial score (nSPS) is 24.2. The van der Waals surface area contributed by atoms with Crippen LogP contribution < -0.4 is 11.1 Å². The maximum atomic E-state index is 13.7. The molecule has 0 radical (unpaired) electrons. The lowest BCUT2D eigenvalue weighted by Crippen LogP contribution is -2.57. The van der Waals surface area contributed by atoms with Crippen LogP contribution in [0.5, 0.6) is 0 Å². The number of nitrogens with zero attached hydrogens (tertiary/aromatic N) is 4. The number of aryl methyl sites for hydroxylation is 2. The molecule has 3 N–H and O–H groups in total. The van der Waals surface area contributed by atoms with Crippen molar-refractivity contribution in [3.63, 3.8) is 0 Å². The van der Waals surface area contributed by atoms with Gasteiger partial charge in [-0.2, -0.15) is 0 Å². The van der Waals surface area contributed by atoms with E-state index in [4.69, 9.17) is 28.9 Å². The van der Waals surface area contributed by atoms with E-state index < -0.39 is 0 Å². The summed E-state index contributed by atoms with van der Waals surface area (Å²) >= 11 is 14.3. The predicted octanol–water partition coefficient (Wildman–Crippen LogP) is 4.17. The highest BCUT2D eigenvalue weighted by Crippen LogP contribution is 2.38. The molecule has 0 saturated carbocycles. The van der Waals surface area contributed by atoms with E-state index in [-0.39, 0.29) is 42.4 Å². The first kappa shape index (κ1) is 32.1. The van der Waals surface area contributed by atoms with Gasteiger partial charge >= 0.3 is 0 Å². The minimum atomic E-state index is -0.389. The molecule has 3 saturated heterocycles. The number of rotatable bonds is 10. The molecule has 3 aromatic rings. The summed E-state index contributed by atoms with van der Waals surface area (Å²) in [5, 5.41) is 5.28. The number of nitrogens with one attached hydrogen (secondary N) is 1. The van der Waals surface area contributed by atoms with Crippen LogP contribution in [0, 0.1) is 13.8 Å². The van der Waals surface area contributed by atoms with Crippen molar-refractivity contribution in [1.29, 1.82) is 0 Å². The molecule has 2 aromatic carbocycles. The fourth-order valence-electron chi connectivity index (χ4n) is 7.36. The first-order valence-electron chi connectivity index (χ1n) is 15.3. The van der Waals surface area contributed by atoms with Crippen LogP contribution >= 0.6 is 34.5 Å². The van der Waals surface area contributed by atoms with Crippen LogP contribution in [0.1, 0.15) is 55.8 Å². The second-order valence-corrected chi connectivity index (χ2v) is 14.5. The minimum absolute atomic E-state index is 0.0158. The van der Waals surface area contributed by atoms with Crippen molar-refractivity contribution in [2.45, 2.75) is 69.9 Å². The molecular weight excluding hydrogens is 631 g/mol. The monoisotopic (exact) mass is 668 g/mol. The van der Waals surface area contributed by atoms with Crippen LogP contribution in [0.15, 0.2) is 42.6 Å². The molecule has 12 heteroatoms. The smallest absolute Gasteiger partial charge is 0.253 e. The molecule has 3 fully saturated rings. The van der Waals surface area contributed by atoms with Crippen LogP contribution in [0.25, 0.3) is 0 Å². The van der Waals surface area contributed by atoms with Gasteiger partial charge in [0.1, 0.15) is 11.3 Å². The second kappa shape index (κ2) is 13.5. The Labute approximate surface area is 277 Å². The molecule has 1 aromatic heterocycles. The van der Waals surface area contributed by atoms with Crippen LogP contribution in [0.3, 0.4) is 0 Å². The van der Waals surface area contributed by atoms with E-state index >= 15 is 0 Å². The number of likely N-dealkylation sites (tertiary alicyclic amines) is 1. The second-order valence-electron chi connectivity index (χ2n) is 12.5. The number of amides is 2. The number of aromatic nitrogens is 1. The van der Waals surface area contributed by atoms with Gasteiger partial charge in [0, 0.05) is 67.5 Å². The maximum absolute atomic E-state index is 13.7. The van der Waals surface area contributed by atoms with Gasteiger partial charge in [-0.25, -0.2) is 4.98 Å². The summed E-state index contributed by atoms with van der Waals surface area (Å²) < 4.78 is 0. The Kier molecular flexibility index (Phi) is 9.61. The van der Waals surface area contributed by atoms with E-state index in [2.05, 4.69) is 26.2 Å². The van der Waals surface area contributed by atoms with Gasteiger partial charge in [0.15, 0.2) is 0 Å². The van der Waals surface area contributed by atoms with Gasteiger partial charge < -0.3 is 20.7 Å². The summed E-state index contributed by atoms with van der Waals surface area (Å²) in [6.07, 6.45) is 4.71. The van der Waals surface area contributed by atoms with Gasteiger partial charge in [-0.3, -0.25) is 19.4 Å². The molecule has 9 nitrogen and oxygen atoms in total. The van der Waals surface area contributed by atoms with E-state index in [0.29, 0.717) is 54.3 Å². The zero-order valence-electron chi connectivity index (χ0n) is 25.4. The Bertz CT molecular complexity index is 1580. The lowest BCUT2D eigenvalue weighted by molar-refractivity contribution is -0.117. The Morgan fingerprint density at radius 1 is 1.13 bits per heavy atom. The molecule has 3 aliphatic rings. The summed E-state index contributed by atoms with van der Waals surface area (Å²) in [5.74, 6) is -0.405. The number of benzene rings is 2. The fourth-order valence-corrected chi connectivity index (χ4v) is 8.61. The summed E-state index contributed by atoms with van der Waals surface area (Å²) in [6.45, 7) is 7.10. The Morgan fingerprint density at radius 2 is 1.91 bits per heavy atom. The first-order chi connectivity index (χ1) is 21.6. The third-order valence-electron chi connectivity index (χ3n) is 9.34. The van der Waals surface area contributed by atoms with E-state index in [1.54, 1.807) is 6.07 Å². The van der Waals surface area contributed by atoms with Gasteiger partial charge in [0.2, 0.25) is 5.91 Å². The van der Waals surface area contributed by atoms with E-state index in [0.717, 1.165) is 45.8 Å². The molecule has 0 aliphatic carbocycles. The number of fused-ring (bicyclic) bond motifs is 2. The summed E-state index contributed by atoms with van der Waals surface area (Å²) in [5.41, 5.74) is 9.07. The number of thiazole rings is 1. The van der Waals surface area contributed by atoms with Crippen molar-refractivity contribution in [1.82, 2.24) is 25.0 Å². The molecule has 0 spiro atoms. The quantitative estimate of drug-likeness (QED) is 0.312. The standard InChI is InChI=1S/C33H38Cl2N6O3S/c1-19-7-20(2)9-22(8-19)33(44)39-5-6-40(30(17-39)21-3-4-26(34)27(35)10-21)24(18-42)12-29-28-11-23(14-37-28)41(29)16-25-15-38-32(45-25)13-31(36)43/h3-4,7-10,15,18,23-24,28-30,37H,5-6,11-14,16-17H2,1-2H3,(H2,36,43)/t23-,24?,28-,29?,30?/m0/s1. The third kappa shape index (κ3) is 6.96. The van der Waals surface area contributed by atoms with Crippen LogP contribution in [0.4, 0.5) is 0 Å². The van der Waals surface area contributed by atoms with E-state index in [1.807, 2.05) is 49.2 Å². The average Bonchev–Trinajstić information content (AvgIpc) is 3.73. The third-order valence-corrected chi connectivity index (χ3v) is 11.1. The van der Waals surface area contributed by atoms with Crippen LogP contribution in [-0.4, -0.2) is 88.1 Å². The lowest BCUT2D eigenvalue weighted by atomic mass is 9.95. The van der Waals surface area contributed by atoms with E-state index in [9.17, 15) is 14.4 Å². The van der Waals surface area contributed by atoms with Crippen molar-refractivity contribution in [2.75, 3.05) is 26.2 Å². The average molecular weight is 670 g/mol. The Hall–Kier alpha value is -2.86. The zero-order chi connectivity index (χ0) is 31.8. The number of primary amides is 1. The fraction of sp³-hybridized carbons (Fsp3) is 0.455. The van der Waals surface area contributed by atoms with E-state index in [1.165, 1.54) is 11.3 Å². The van der Waals surface area contributed by atoms with Gasteiger partial charge in [-0.1, -0.05) is 46.5 Å². The molecule has 2 bridgehead atoms. The molecule has 6 rings (SSSR count). The van der Waals surface area contributed by atoms with Gasteiger partial charge in [0.25, 0.3) is 5.91 Å². The first-order valence-corrected chi connectivity index (χ1v) is 16.9. The predicted molar refractivity (Wildman–Crippen MR) is 177 cm³/mol. The minimum Gasteiger partial charge on any atom is -0.369 e. The largest absolute Gasteiger partial charge is 0.369 e. The molecule has 238 valence electrons. The Morgan fingerprint density at radius 3 is 2.62 bits per heavy atom. The number of hydrogen-bond donors (Lipinski definition) is 2. The number of carbonyl (C=O) groups is 3. The summed E-state index contributed by atoms with van der Waals surface area (Å²) in [6, 6.07) is 11.7. The number of nitrogens with two attached hydrogens (primary N) is 1. The maximum Gasteiger partial charge on any atom is 0.253 e. The van der Waals surface area contributed by atoms with Crippen molar-refractivity contribution in [2.24, 2.45) is 5.73 Å². The number of halogens is 2. The highest BCUT2D eigenvalue weighted by atomic mass is 35.5. The SMILES string of the molecule is Cc1cc(C)cc(C(=O)N2CCN(C(C=O)CC3[C@@H]4C[C@@H](CN4)N3Cc3cnc(CC(N)=O)s3)C(c3ccc(Cl)c(Cl)c3)C2)c1. The number of piperazine rings is 2. The topological polar surface area (TPSA) is 112 Å². The molecule has 2 amide bonds. The van der Waals surface area contributed by atoms with Gasteiger partial charge in [0.05, 0.1) is 28.5 Å². The van der Waals surface area contributed by atoms with Gasteiger partial charge in [-0.05, 0) is 56.5 Å². The lowest BCUT2D eigenvalue weighted by Gasteiger charge is -2.46. The number of hydrogen-bond acceptors (Lipinski definition) is 8. The van der Waals surface area contributed by atoms with Crippen LogP contribution in [-0.2, 0) is 22.6 Å². The summed E-state index contributed by atoms with van der Waals surface area (Å²) in [7, 11) is 0. The van der Waals surface area contributed by atoms with Crippen molar-refractivity contribution in [3.8, 4) is 0 Å². The molecule has 3 aliphatic heterocycles. The highest BCUT2D eigenvalue weighted by Gasteiger charge is 2.47. The number of carbonyl (C=O) groups excluding carboxylic acids is 3. The molecule has 4 heterocycles. The van der Waals surface area contributed by atoms with Crippen molar-refractivity contribution >= 4 is 52.6 Å². The Balaban J connectivity index is 1.24. The molecule has 5 atom stereocenters. The van der Waals surface area contributed by atoms with Crippen molar-refractivity contribution in [3.05, 3.63) is 84.8 Å². The van der Waals surface area contributed by atoms with Gasteiger partial charge in [-0.15, -0.1) is 11.3 Å². The number of aldehydes is 1. The van der Waals surface area contributed by atoms with Crippen molar-refractivity contribution < 1.29 is 14.4 Å². The zero-order valence-corrected chi connectivity index (χ0v) is 27.7. The molecule has 45 heavy (non-hydrogen) atoms. The molecular formula is C33H38Cl2N6O3S.